The number of hydrogen-bond donors (Lipinski definition) is 3. The van der Waals surface area contributed by atoms with Crippen molar-refractivity contribution >= 4 is 23.2 Å². The molecule has 0 aliphatic heterocycles. The van der Waals surface area contributed by atoms with Gasteiger partial charge in [0.25, 0.3) is 11.6 Å². The smallest absolute Gasteiger partial charge is 0.270 e. The van der Waals surface area contributed by atoms with Crippen LogP contribution in [0.4, 0.5) is 17.3 Å². The molecule has 1 aromatic heterocycles. The van der Waals surface area contributed by atoms with Crippen LogP contribution in [0.15, 0.2) is 24.5 Å². The number of nitro groups is 1. The highest BCUT2D eigenvalue weighted by atomic mass is 16.6. The van der Waals surface area contributed by atoms with Crippen molar-refractivity contribution in [3.63, 3.8) is 0 Å². The quantitative estimate of drug-likeness (QED) is 0.413. The molecule has 0 unspecified atom stereocenters. The fraction of sp³-hybridized carbons (Fsp3) is 0.100. The van der Waals surface area contributed by atoms with E-state index in [2.05, 4.69) is 20.8 Å². The molecular formula is C10H11N7O3. The number of nitrogens with two attached hydrogens (primary N) is 1. The van der Waals surface area contributed by atoms with Crippen molar-refractivity contribution in [3.8, 4) is 0 Å². The SMILES string of the molecule is Cn1ncnc1NC(=O)c1cc([N+](=O)[O-])ccc1NN. The first kappa shape index (κ1) is 13.4. The number of amides is 1. The van der Waals surface area contributed by atoms with Crippen LogP contribution in [0, 0.1) is 10.1 Å². The van der Waals surface area contributed by atoms with Gasteiger partial charge in [0.2, 0.25) is 5.95 Å². The number of hydrazine groups is 1. The molecule has 1 amide bonds. The minimum atomic E-state index is -0.598. The number of nitrogens with zero attached hydrogens (tertiary/aromatic N) is 4. The van der Waals surface area contributed by atoms with Crippen molar-refractivity contribution in [2.24, 2.45) is 12.9 Å². The molecule has 0 saturated carbocycles. The Balaban J connectivity index is 2.35. The Morgan fingerprint density at radius 1 is 1.50 bits per heavy atom. The van der Waals surface area contributed by atoms with E-state index in [9.17, 15) is 14.9 Å². The van der Waals surface area contributed by atoms with Gasteiger partial charge in [-0.05, 0) is 6.07 Å². The van der Waals surface area contributed by atoms with Crippen LogP contribution in [0.5, 0.6) is 0 Å². The van der Waals surface area contributed by atoms with E-state index in [1.165, 1.54) is 23.1 Å². The Morgan fingerprint density at radius 2 is 2.25 bits per heavy atom. The molecule has 2 aromatic rings. The van der Waals surface area contributed by atoms with Crippen molar-refractivity contribution in [2.75, 3.05) is 10.7 Å². The molecule has 0 fully saturated rings. The van der Waals surface area contributed by atoms with E-state index in [0.717, 1.165) is 6.07 Å². The highest BCUT2D eigenvalue weighted by molar-refractivity contribution is 6.07. The summed E-state index contributed by atoms with van der Waals surface area (Å²) in [5.41, 5.74) is 2.39. The first-order valence-electron chi connectivity index (χ1n) is 5.43. The summed E-state index contributed by atoms with van der Waals surface area (Å²) in [7, 11) is 1.60. The van der Waals surface area contributed by atoms with E-state index in [4.69, 9.17) is 5.84 Å². The Hall–Kier alpha value is -3.01. The standard InChI is InChI=1S/C10H11N7O3/c1-16-10(12-5-13-16)14-9(18)7-4-6(17(19)20)2-3-8(7)15-11/h2-5,15H,11H2,1H3,(H,12,13,14,18). The Labute approximate surface area is 112 Å². The zero-order chi connectivity index (χ0) is 14.7. The Morgan fingerprint density at radius 3 is 2.80 bits per heavy atom. The van der Waals surface area contributed by atoms with Gasteiger partial charge in [0.15, 0.2) is 0 Å². The highest BCUT2D eigenvalue weighted by Gasteiger charge is 2.17. The third-order valence-electron chi connectivity index (χ3n) is 2.55. The predicted octanol–water partition coefficient (Wildman–Crippen LogP) is 0.261. The van der Waals surface area contributed by atoms with Crippen molar-refractivity contribution in [1.29, 1.82) is 0 Å². The van der Waals surface area contributed by atoms with Crippen LogP contribution >= 0.6 is 0 Å². The molecule has 0 saturated heterocycles. The molecule has 0 radical (unpaired) electrons. The average molecular weight is 277 g/mol. The van der Waals surface area contributed by atoms with Crippen LogP contribution in [-0.4, -0.2) is 25.6 Å². The number of non-ortho nitro benzene ring substituents is 1. The molecule has 0 atom stereocenters. The number of nitrogen functional groups attached to an aromatic ring is 1. The fourth-order valence-corrected chi connectivity index (χ4v) is 1.54. The van der Waals surface area contributed by atoms with Crippen LogP contribution in [0.25, 0.3) is 0 Å². The molecule has 0 bridgehead atoms. The summed E-state index contributed by atoms with van der Waals surface area (Å²) < 4.78 is 1.35. The van der Waals surface area contributed by atoms with E-state index < -0.39 is 10.8 Å². The first-order chi connectivity index (χ1) is 9.52. The van der Waals surface area contributed by atoms with Gasteiger partial charge in [0.1, 0.15) is 6.33 Å². The van der Waals surface area contributed by atoms with Gasteiger partial charge >= 0.3 is 0 Å². The van der Waals surface area contributed by atoms with Gasteiger partial charge in [0.05, 0.1) is 16.2 Å². The van der Waals surface area contributed by atoms with E-state index in [1.54, 1.807) is 7.05 Å². The number of aromatic nitrogens is 3. The molecule has 10 heteroatoms. The number of anilines is 2. The van der Waals surface area contributed by atoms with Crippen molar-refractivity contribution in [2.45, 2.75) is 0 Å². The number of nitro benzene ring substituents is 1. The Kier molecular flexibility index (Phi) is 3.57. The van der Waals surface area contributed by atoms with Crippen LogP contribution in [-0.2, 0) is 7.05 Å². The normalized spacial score (nSPS) is 10.1. The lowest BCUT2D eigenvalue weighted by Gasteiger charge is -2.08. The lowest BCUT2D eigenvalue weighted by molar-refractivity contribution is -0.384. The summed E-state index contributed by atoms with van der Waals surface area (Å²) in [6.07, 6.45) is 1.27. The van der Waals surface area contributed by atoms with E-state index in [-0.39, 0.29) is 22.9 Å². The minimum Gasteiger partial charge on any atom is -0.323 e. The number of hydrogen-bond acceptors (Lipinski definition) is 7. The van der Waals surface area contributed by atoms with Crippen LogP contribution in [0.3, 0.4) is 0 Å². The summed E-state index contributed by atoms with van der Waals surface area (Å²) in [4.78, 5) is 26.1. The topological polar surface area (TPSA) is 141 Å². The highest BCUT2D eigenvalue weighted by Crippen LogP contribution is 2.22. The lowest BCUT2D eigenvalue weighted by Crippen LogP contribution is -2.19. The molecular weight excluding hydrogens is 266 g/mol. The molecule has 0 aliphatic carbocycles. The summed E-state index contributed by atoms with van der Waals surface area (Å²) in [6, 6.07) is 3.72. The van der Waals surface area contributed by atoms with E-state index in [1.807, 2.05) is 0 Å². The molecule has 20 heavy (non-hydrogen) atoms. The molecule has 0 aliphatic rings. The van der Waals surface area contributed by atoms with Crippen molar-refractivity contribution < 1.29 is 9.72 Å². The first-order valence-corrected chi connectivity index (χ1v) is 5.43. The lowest BCUT2D eigenvalue weighted by atomic mass is 10.1. The molecule has 1 aromatic carbocycles. The summed E-state index contributed by atoms with van der Waals surface area (Å²) in [5.74, 6) is 4.91. The maximum atomic E-state index is 12.1. The maximum Gasteiger partial charge on any atom is 0.270 e. The van der Waals surface area contributed by atoms with Gasteiger partial charge in [-0.25, -0.2) is 4.68 Å². The van der Waals surface area contributed by atoms with Gasteiger partial charge in [0, 0.05) is 19.2 Å². The third-order valence-corrected chi connectivity index (χ3v) is 2.55. The maximum absolute atomic E-state index is 12.1. The second kappa shape index (κ2) is 5.32. The third kappa shape index (κ3) is 2.54. The number of carbonyl (C=O) groups excluding carboxylic acids is 1. The molecule has 1 heterocycles. The predicted molar refractivity (Wildman–Crippen MR) is 69.9 cm³/mol. The zero-order valence-electron chi connectivity index (χ0n) is 10.4. The van der Waals surface area contributed by atoms with Crippen molar-refractivity contribution in [1.82, 2.24) is 14.8 Å². The van der Waals surface area contributed by atoms with Crippen LogP contribution in [0.2, 0.25) is 0 Å². The van der Waals surface area contributed by atoms with Gasteiger partial charge in [-0.15, -0.1) is 0 Å². The number of nitrogens with one attached hydrogen (secondary N) is 2. The second-order valence-corrected chi connectivity index (χ2v) is 3.79. The molecule has 0 spiro atoms. The largest absolute Gasteiger partial charge is 0.323 e. The van der Waals surface area contributed by atoms with Gasteiger partial charge < -0.3 is 5.43 Å². The van der Waals surface area contributed by atoms with Gasteiger partial charge in [-0.1, -0.05) is 0 Å². The summed E-state index contributed by atoms with van der Waals surface area (Å²) in [6.45, 7) is 0. The van der Waals surface area contributed by atoms with E-state index >= 15 is 0 Å². The molecule has 104 valence electrons. The van der Waals surface area contributed by atoms with Gasteiger partial charge in [-0.3, -0.25) is 26.1 Å². The number of carbonyl (C=O) groups is 1. The minimum absolute atomic E-state index is 0.0321. The van der Waals surface area contributed by atoms with Gasteiger partial charge in [-0.2, -0.15) is 10.1 Å². The van der Waals surface area contributed by atoms with E-state index in [0.29, 0.717) is 0 Å². The number of benzene rings is 1. The zero-order valence-corrected chi connectivity index (χ0v) is 10.4. The molecule has 10 nitrogen and oxygen atoms in total. The van der Waals surface area contributed by atoms with Crippen LogP contribution in [0.1, 0.15) is 10.4 Å². The summed E-state index contributed by atoms with van der Waals surface area (Å²) in [5, 5.41) is 17.0. The van der Waals surface area contributed by atoms with Crippen molar-refractivity contribution in [3.05, 3.63) is 40.2 Å². The Bertz CT molecular complexity index is 667. The monoisotopic (exact) mass is 277 g/mol. The second-order valence-electron chi connectivity index (χ2n) is 3.79. The number of rotatable bonds is 4. The number of aryl methyl sites for hydroxylation is 1. The molecule has 2 rings (SSSR count). The summed E-state index contributed by atoms with van der Waals surface area (Å²) >= 11 is 0. The van der Waals surface area contributed by atoms with Crippen LogP contribution < -0.4 is 16.6 Å². The fourth-order valence-electron chi connectivity index (χ4n) is 1.54. The average Bonchev–Trinajstić information content (AvgIpc) is 2.83. The molecule has 4 N–H and O–H groups in total.